The van der Waals surface area contributed by atoms with E-state index in [1.807, 2.05) is 6.26 Å². The van der Waals surface area contributed by atoms with E-state index in [0.29, 0.717) is 23.0 Å². The zero-order chi connectivity index (χ0) is 13.8. The lowest BCUT2D eigenvalue weighted by Crippen LogP contribution is -2.30. The summed E-state index contributed by atoms with van der Waals surface area (Å²) in [5, 5.41) is 7.35. The van der Waals surface area contributed by atoms with Crippen molar-refractivity contribution in [2.24, 2.45) is 0 Å². The molecule has 0 aliphatic carbocycles. The number of hydrogen-bond acceptors (Lipinski definition) is 4. The summed E-state index contributed by atoms with van der Waals surface area (Å²) in [6.45, 7) is 0.648. The van der Waals surface area contributed by atoms with Crippen molar-refractivity contribution in [2.75, 3.05) is 25.6 Å². The fraction of sp³-hybridized carbons (Fsp3) is 0.308. The van der Waals surface area contributed by atoms with Gasteiger partial charge in [0.25, 0.3) is 11.5 Å². The minimum atomic E-state index is -0.279. The molecule has 0 atom stereocenters. The van der Waals surface area contributed by atoms with E-state index >= 15 is 0 Å². The maximum Gasteiger partial charge on any atom is 0.274 e. The van der Waals surface area contributed by atoms with Gasteiger partial charge in [0, 0.05) is 24.7 Å². The lowest BCUT2D eigenvalue weighted by atomic mass is 10.1. The van der Waals surface area contributed by atoms with Gasteiger partial charge in [0.2, 0.25) is 0 Å². The molecule has 6 heteroatoms. The number of nitrogens with zero attached hydrogens (tertiary/aromatic N) is 2. The Balaban J connectivity index is 2.43. The molecule has 1 N–H and O–H groups in total. The third-order valence-electron chi connectivity index (χ3n) is 2.88. The number of rotatable bonds is 4. The first-order valence-electron chi connectivity index (χ1n) is 5.87. The predicted molar refractivity (Wildman–Crippen MR) is 77.7 cm³/mol. The molecule has 5 nitrogen and oxygen atoms in total. The minimum Gasteiger partial charge on any atom is -0.339 e. The molecule has 1 heterocycles. The molecule has 1 aromatic heterocycles. The predicted octanol–water partition coefficient (Wildman–Crippen LogP) is 1.36. The van der Waals surface area contributed by atoms with Gasteiger partial charge in [-0.25, -0.2) is 5.10 Å². The Kier molecular flexibility index (Phi) is 4.21. The number of fused-ring (bicyclic) bond motifs is 1. The molecule has 19 heavy (non-hydrogen) atoms. The van der Waals surface area contributed by atoms with Crippen molar-refractivity contribution in [3.05, 3.63) is 40.3 Å². The average Bonchev–Trinajstić information content (AvgIpc) is 2.45. The van der Waals surface area contributed by atoms with Crippen LogP contribution in [0.15, 0.2) is 29.1 Å². The number of nitrogens with one attached hydrogen (secondary N) is 1. The summed E-state index contributed by atoms with van der Waals surface area (Å²) in [6.07, 6.45) is 1.99. The van der Waals surface area contributed by atoms with Crippen LogP contribution in [0.1, 0.15) is 10.5 Å². The Labute approximate surface area is 115 Å². The lowest BCUT2D eigenvalue weighted by Gasteiger charge is -2.16. The standard InChI is InChI=1S/C13H15N3O2S/c1-16(7-8-19-2)13(18)11-9-5-3-4-6-10(9)12(17)15-14-11/h3-6H,7-8H2,1-2H3,(H,15,17). The quantitative estimate of drug-likeness (QED) is 0.916. The number of carbonyl (C=O) groups excluding carboxylic acids is 1. The SMILES string of the molecule is CSCCN(C)C(=O)c1n[nH]c(=O)c2ccccc12. The third kappa shape index (κ3) is 2.78. The molecule has 1 amide bonds. The van der Waals surface area contributed by atoms with E-state index in [4.69, 9.17) is 0 Å². The second-order valence-corrected chi connectivity index (χ2v) is 5.15. The first-order valence-corrected chi connectivity index (χ1v) is 7.26. The third-order valence-corrected chi connectivity index (χ3v) is 3.47. The van der Waals surface area contributed by atoms with E-state index < -0.39 is 0 Å². The van der Waals surface area contributed by atoms with Crippen LogP contribution in [0, 0.1) is 0 Å². The maximum atomic E-state index is 12.3. The van der Waals surface area contributed by atoms with Gasteiger partial charge in [-0.15, -0.1) is 0 Å². The summed E-state index contributed by atoms with van der Waals surface area (Å²) in [7, 11) is 1.74. The van der Waals surface area contributed by atoms with Crippen molar-refractivity contribution in [2.45, 2.75) is 0 Å². The average molecular weight is 277 g/mol. The summed E-state index contributed by atoms with van der Waals surface area (Å²) in [5.74, 6) is 0.685. The number of benzene rings is 1. The Hall–Kier alpha value is -1.82. The molecule has 2 aromatic rings. The Morgan fingerprint density at radius 2 is 2.05 bits per heavy atom. The van der Waals surface area contributed by atoms with Crippen molar-refractivity contribution in [1.82, 2.24) is 15.1 Å². The van der Waals surface area contributed by atoms with Crippen molar-refractivity contribution >= 4 is 28.4 Å². The summed E-state index contributed by atoms with van der Waals surface area (Å²) in [5.41, 5.74) is 0.0118. The number of thioether (sulfide) groups is 1. The summed E-state index contributed by atoms with van der Waals surface area (Å²) in [4.78, 5) is 25.6. The normalized spacial score (nSPS) is 10.6. The van der Waals surface area contributed by atoms with Crippen LogP contribution in [-0.4, -0.2) is 46.6 Å². The number of hydrogen-bond donors (Lipinski definition) is 1. The molecule has 0 aliphatic rings. The Bertz CT molecular complexity index is 654. The summed E-state index contributed by atoms with van der Waals surface area (Å²) >= 11 is 1.68. The largest absolute Gasteiger partial charge is 0.339 e. The van der Waals surface area contributed by atoms with Gasteiger partial charge in [-0.1, -0.05) is 18.2 Å². The molecular formula is C13H15N3O2S. The van der Waals surface area contributed by atoms with E-state index in [2.05, 4.69) is 10.2 Å². The van der Waals surface area contributed by atoms with Crippen LogP contribution in [0.2, 0.25) is 0 Å². The highest BCUT2D eigenvalue weighted by molar-refractivity contribution is 7.98. The number of carbonyl (C=O) groups is 1. The van der Waals surface area contributed by atoms with Crippen molar-refractivity contribution in [1.29, 1.82) is 0 Å². The summed E-state index contributed by atoms with van der Waals surface area (Å²) in [6, 6.07) is 6.99. The molecule has 0 fully saturated rings. The van der Waals surface area contributed by atoms with Gasteiger partial charge in [0.15, 0.2) is 5.69 Å². The fourth-order valence-electron chi connectivity index (χ4n) is 1.79. The van der Waals surface area contributed by atoms with Crippen LogP contribution < -0.4 is 5.56 Å². The Morgan fingerprint density at radius 3 is 2.74 bits per heavy atom. The van der Waals surface area contributed by atoms with E-state index in [1.54, 1.807) is 48.0 Å². The summed E-state index contributed by atoms with van der Waals surface area (Å²) < 4.78 is 0. The molecule has 0 unspecified atom stereocenters. The molecule has 100 valence electrons. The van der Waals surface area contributed by atoms with Crippen LogP contribution in [0.4, 0.5) is 0 Å². The van der Waals surface area contributed by atoms with E-state index in [0.717, 1.165) is 5.75 Å². The van der Waals surface area contributed by atoms with Crippen molar-refractivity contribution in [3.8, 4) is 0 Å². The van der Waals surface area contributed by atoms with Crippen LogP contribution in [0.3, 0.4) is 0 Å². The number of aromatic amines is 1. The number of aromatic nitrogens is 2. The second kappa shape index (κ2) is 5.88. The molecule has 0 bridgehead atoms. The van der Waals surface area contributed by atoms with Crippen LogP contribution in [-0.2, 0) is 0 Å². The highest BCUT2D eigenvalue weighted by atomic mass is 32.2. The molecule has 0 saturated carbocycles. The van der Waals surface area contributed by atoms with E-state index in [9.17, 15) is 9.59 Å². The second-order valence-electron chi connectivity index (χ2n) is 4.17. The smallest absolute Gasteiger partial charge is 0.274 e. The monoisotopic (exact) mass is 277 g/mol. The van der Waals surface area contributed by atoms with Crippen molar-refractivity contribution in [3.63, 3.8) is 0 Å². The lowest BCUT2D eigenvalue weighted by molar-refractivity contribution is 0.0799. The highest BCUT2D eigenvalue weighted by Gasteiger charge is 2.17. The number of H-pyrrole nitrogens is 1. The fourth-order valence-corrected chi connectivity index (χ4v) is 2.24. The highest BCUT2D eigenvalue weighted by Crippen LogP contribution is 2.13. The molecule has 0 aliphatic heterocycles. The van der Waals surface area contributed by atoms with Gasteiger partial charge < -0.3 is 4.90 Å². The van der Waals surface area contributed by atoms with Crippen LogP contribution in [0.5, 0.6) is 0 Å². The van der Waals surface area contributed by atoms with E-state index in [1.165, 1.54) is 0 Å². The van der Waals surface area contributed by atoms with Gasteiger partial charge in [0.05, 0.1) is 5.39 Å². The van der Waals surface area contributed by atoms with Crippen LogP contribution in [0.25, 0.3) is 10.8 Å². The topological polar surface area (TPSA) is 66.1 Å². The molecule has 0 radical (unpaired) electrons. The molecular weight excluding hydrogens is 262 g/mol. The molecule has 2 rings (SSSR count). The molecule has 1 aromatic carbocycles. The molecule has 0 spiro atoms. The first kappa shape index (κ1) is 13.6. The zero-order valence-electron chi connectivity index (χ0n) is 10.8. The van der Waals surface area contributed by atoms with E-state index in [-0.39, 0.29) is 11.5 Å². The first-order chi connectivity index (χ1) is 9.15. The van der Waals surface area contributed by atoms with Gasteiger partial charge in [-0.3, -0.25) is 9.59 Å². The van der Waals surface area contributed by atoms with Crippen LogP contribution >= 0.6 is 11.8 Å². The molecule has 0 saturated heterocycles. The Morgan fingerprint density at radius 1 is 1.37 bits per heavy atom. The van der Waals surface area contributed by atoms with Gasteiger partial charge in [-0.2, -0.15) is 16.9 Å². The van der Waals surface area contributed by atoms with Gasteiger partial charge in [0.1, 0.15) is 0 Å². The van der Waals surface area contributed by atoms with Crippen molar-refractivity contribution < 1.29 is 4.79 Å². The van der Waals surface area contributed by atoms with Gasteiger partial charge >= 0.3 is 0 Å². The maximum absolute atomic E-state index is 12.3. The minimum absolute atomic E-state index is 0.179. The number of amides is 1. The van der Waals surface area contributed by atoms with Gasteiger partial charge in [-0.05, 0) is 12.3 Å². The zero-order valence-corrected chi connectivity index (χ0v) is 11.7.